The molecule has 96 valence electrons. The molecule has 4 nitrogen and oxygen atoms in total. The van der Waals surface area contributed by atoms with Gasteiger partial charge in [-0.1, -0.05) is 18.2 Å². The normalized spacial score (nSPS) is 13.4. The van der Waals surface area contributed by atoms with Crippen LogP contribution in [0, 0.1) is 0 Å². The first kappa shape index (κ1) is 13.2. The Bertz CT molecular complexity index is 621. The van der Waals surface area contributed by atoms with Crippen molar-refractivity contribution in [2.45, 2.75) is 10.9 Å². The summed E-state index contributed by atoms with van der Waals surface area (Å²) in [6.07, 6.45) is 1.20. The van der Waals surface area contributed by atoms with Crippen LogP contribution in [-0.4, -0.2) is 14.7 Å². The topological polar surface area (TPSA) is 72.2 Å². The van der Waals surface area contributed by atoms with E-state index < -0.39 is 9.84 Å². The van der Waals surface area contributed by atoms with Crippen LogP contribution in [0.5, 0.6) is 0 Å². The van der Waals surface area contributed by atoms with E-state index in [0.29, 0.717) is 4.90 Å². The Morgan fingerprint density at radius 1 is 1.28 bits per heavy atom. The van der Waals surface area contributed by atoms with E-state index in [0.717, 1.165) is 10.4 Å². The minimum absolute atomic E-state index is 0.188. The molecule has 6 heteroatoms. The Kier molecular flexibility index (Phi) is 3.82. The van der Waals surface area contributed by atoms with Crippen LogP contribution >= 0.6 is 11.3 Å². The third kappa shape index (κ3) is 2.78. The summed E-state index contributed by atoms with van der Waals surface area (Å²) in [6, 6.07) is 10.5. The van der Waals surface area contributed by atoms with Gasteiger partial charge in [0.25, 0.3) is 0 Å². The molecule has 1 aromatic heterocycles. The summed E-state index contributed by atoms with van der Waals surface area (Å²) >= 11 is 1.57. The lowest BCUT2D eigenvalue weighted by atomic mass is 10.1. The number of hydrogen-bond acceptors (Lipinski definition) is 5. The summed E-state index contributed by atoms with van der Waals surface area (Å²) in [7, 11) is -3.20. The fourth-order valence-corrected chi connectivity index (χ4v) is 3.21. The second-order valence-electron chi connectivity index (χ2n) is 3.96. The third-order valence-corrected chi connectivity index (χ3v) is 4.66. The highest BCUT2D eigenvalue weighted by Crippen LogP contribution is 2.26. The maximum atomic E-state index is 11.5. The number of thiophene rings is 1. The molecule has 0 aliphatic carbocycles. The van der Waals surface area contributed by atoms with Gasteiger partial charge in [-0.2, -0.15) is 0 Å². The molecule has 1 aromatic carbocycles. The molecule has 0 saturated heterocycles. The van der Waals surface area contributed by atoms with Crippen molar-refractivity contribution in [3.8, 4) is 0 Å². The molecule has 0 fully saturated rings. The van der Waals surface area contributed by atoms with Crippen LogP contribution in [0.2, 0.25) is 0 Å². The second kappa shape index (κ2) is 5.19. The van der Waals surface area contributed by atoms with Crippen molar-refractivity contribution >= 4 is 21.2 Å². The summed E-state index contributed by atoms with van der Waals surface area (Å²) in [6.45, 7) is 0. The highest BCUT2D eigenvalue weighted by Gasteiger charge is 2.15. The molecule has 18 heavy (non-hydrogen) atoms. The summed E-state index contributed by atoms with van der Waals surface area (Å²) in [4.78, 5) is 1.35. The van der Waals surface area contributed by atoms with Gasteiger partial charge in [0.15, 0.2) is 9.84 Å². The SMILES string of the molecule is CS(=O)(=O)c1cccc(C(NN)c2cccs2)c1. The van der Waals surface area contributed by atoms with Gasteiger partial charge in [0, 0.05) is 11.1 Å². The van der Waals surface area contributed by atoms with E-state index in [1.54, 1.807) is 29.5 Å². The Morgan fingerprint density at radius 3 is 2.61 bits per heavy atom. The summed E-state index contributed by atoms with van der Waals surface area (Å²) in [5, 5.41) is 1.96. The highest BCUT2D eigenvalue weighted by molar-refractivity contribution is 7.90. The van der Waals surface area contributed by atoms with Crippen LogP contribution in [0.3, 0.4) is 0 Å². The molecule has 0 aliphatic rings. The minimum atomic E-state index is -3.20. The first-order valence-corrected chi connectivity index (χ1v) is 8.09. The van der Waals surface area contributed by atoms with Crippen molar-refractivity contribution in [2.24, 2.45) is 5.84 Å². The molecule has 1 atom stereocenters. The first-order valence-electron chi connectivity index (χ1n) is 5.32. The number of nitrogens with two attached hydrogens (primary N) is 1. The molecule has 2 rings (SSSR count). The fourth-order valence-electron chi connectivity index (χ4n) is 1.72. The average Bonchev–Trinajstić information content (AvgIpc) is 2.83. The molecule has 2 aromatic rings. The van der Waals surface area contributed by atoms with Gasteiger partial charge in [0.2, 0.25) is 0 Å². The van der Waals surface area contributed by atoms with Gasteiger partial charge in [-0.05, 0) is 29.1 Å². The lowest BCUT2D eigenvalue weighted by Crippen LogP contribution is -2.28. The predicted molar refractivity (Wildman–Crippen MR) is 73.0 cm³/mol. The van der Waals surface area contributed by atoms with Gasteiger partial charge in [-0.15, -0.1) is 11.3 Å². The minimum Gasteiger partial charge on any atom is -0.271 e. The van der Waals surface area contributed by atoms with E-state index in [9.17, 15) is 8.42 Å². The van der Waals surface area contributed by atoms with Crippen LogP contribution in [-0.2, 0) is 9.84 Å². The van der Waals surface area contributed by atoms with Crippen molar-refractivity contribution in [2.75, 3.05) is 6.26 Å². The number of sulfone groups is 1. The average molecular weight is 282 g/mol. The van der Waals surface area contributed by atoms with Crippen molar-refractivity contribution in [1.29, 1.82) is 0 Å². The molecule has 1 unspecified atom stereocenters. The van der Waals surface area contributed by atoms with E-state index in [-0.39, 0.29) is 6.04 Å². The van der Waals surface area contributed by atoms with Crippen molar-refractivity contribution in [3.05, 3.63) is 52.2 Å². The quantitative estimate of drug-likeness (QED) is 0.661. The van der Waals surface area contributed by atoms with E-state index in [1.165, 1.54) is 6.26 Å². The number of hydrogen-bond donors (Lipinski definition) is 2. The first-order chi connectivity index (χ1) is 8.52. The fraction of sp³-hybridized carbons (Fsp3) is 0.167. The summed E-state index contributed by atoms with van der Waals surface area (Å²) in [5.74, 6) is 5.56. The molecule has 0 bridgehead atoms. The largest absolute Gasteiger partial charge is 0.271 e. The Balaban J connectivity index is 2.44. The number of nitrogens with one attached hydrogen (secondary N) is 1. The van der Waals surface area contributed by atoms with E-state index in [2.05, 4.69) is 5.43 Å². The summed E-state index contributed by atoms with van der Waals surface area (Å²) in [5.41, 5.74) is 3.55. The molecule has 1 heterocycles. The van der Waals surface area contributed by atoms with Gasteiger partial charge >= 0.3 is 0 Å². The van der Waals surface area contributed by atoms with Crippen molar-refractivity contribution < 1.29 is 8.42 Å². The zero-order chi connectivity index (χ0) is 13.2. The number of rotatable bonds is 4. The molecule has 0 aliphatic heterocycles. The predicted octanol–water partition coefficient (Wildman–Crippen LogP) is 1.70. The highest BCUT2D eigenvalue weighted by atomic mass is 32.2. The van der Waals surface area contributed by atoms with Gasteiger partial charge in [0.05, 0.1) is 10.9 Å². The third-order valence-electron chi connectivity index (χ3n) is 2.61. The van der Waals surface area contributed by atoms with E-state index in [4.69, 9.17) is 5.84 Å². The molecular weight excluding hydrogens is 268 g/mol. The Morgan fingerprint density at radius 2 is 2.06 bits per heavy atom. The maximum Gasteiger partial charge on any atom is 0.175 e. The lowest BCUT2D eigenvalue weighted by Gasteiger charge is -2.15. The molecule has 0 amide bonds. The monoisotopic (exact) mass is 282 g/mol. The number of benzene rings is 1. The van der Waals surface area contributed by atoms with E-state index in [1.807, 2.05) is 23.6 Å². The molecule has 0 spiro atoms. The van der Waals surface area contributed by atoms with Crippen LogP contribution in [0.1, 0.15) is 16.5 Å². The van der Waals surface area contributed by atoms with Crippen LogP contribution < -0.4 is 11.3 Å². The zero-order valence-corrected chi connectivity index (χ0v) is 11.5. The molecule has 0 radical (unpaired) electrons. The van der Waals surface area contributed by atoms with Gasteiger partial charge < -0.3 is 0 Å². The van der Waals surface area contributed by atoms with Crippen molar-refractivity contribution in [3.63, 3.8) is 0 Å². The van der Waals surface area contributed by atoms with Gasteiger partial charge in [-0.25, -0.2) is 13.8 Å². The molecule has 0 saturated carbocycles. The summed E-state index contributed by atoms with van der Waals surface area (Å²) < 4.78 is 23.1. The standard InChI is InChI=1S/C12H14N2O2S2/c1-18(15,16)10-5-2-4-9(8-10)12(14-13)11-6-3-7-17-11/h2-8,12,14H,13H2,1H3. The Labute approximate surface area is 110 Å². The van der Waals surface area contributed by atoms with Crippen LogP contribution in [0.25, 0.3) is 0 Å². The van der Waals surface area contributed by atoms with Gasteiger partial charge in [0.1, 0.15) is 0 Å². The molecule has 3 N–H and O–H groups in total. The smallest absolute Gasteiger partial charge is 0.175 e. The van der Waals surface area contributed by atoms with E-state index >= 15 is 0 Å². The Hall–Kier alpha value is -1.21. The lowest BCUT2D eigenvalue weighted by molar-refractivity contribution is 0.600. The van der Waals surface area contributed by atoms with Crippen LogP contribution in [0.15, 0.2) is 46.7 Å². The molecular formula is C12H14N2O2S2. The van der Waals surface area contributed by atoms with Crippen molar-refractivity contribution in [1.82, 2.24) is 5.43 Å². The zero-order valence-electron chi connectivity index (χ0n) is 9.83. The van der Waals surface area contributed by atoms with Crippen LogP contribution in [0.4, 0.5) is 0 Å². The van der Waals surface area contributed by atoms with Gasteiger partial charge in [-0.3, -0.25) is 5.84 Å². The second-order valence-corrected chi connectivity index (χ2v) is 6.95. The number of hydrazine groups is 1. The maximum absolute atomic E-state index is 11.5.